The molecule has 1 amide bonds. The van der Waals surface area contributed by atoms with E-state index in [0.717, 1.165) is 64.7 Å². The number of guanidine groups is 1. The van der Waals surface area contributed by atoms with Gasteiger partial charge in [-0.3, -0.25) is 19.6 Å². The van der Waals surface area contributed by atoms with Crippen LogP contribution in [0.4, 0.5) is 0 Å². The summed E-state index contributed by atoms with van der Waals surface area (Å²) in [5.74, 6) is 1.07. The van der Waals surface area contributed by atoms with Crippen LogP contribution in [0.5, 0.6) is 0 Å². The lowest BCUT2D eigenvalue weighted by atomic mass is 10.1. The van der Waals surface area contributed by atoms with Crippen LogP contribution in [-0.2, 0) is 9.53 Å². The Balaban J connectivity index is 1.80. The molecule has 2 heterocycles. The third kappa shape index (κ3) is 7.22. The van der Waals surface area contributed by atoms with Gasteiger partial charge in [0.15, 0.2) is 5.96 Å². The minimum absolute atomic E-state index is 0.174. The van der Waals surface area contributed by atoms with Gasteiger partial charge in [0.25, 0.3) is 0 Å². The number of morpholine rings is 1. The predicted molar refractivity (Wildman–Crippen MR) is 114 cm³/mol. The molecule has 2 rings (SSSR count). The number of hydrogen-bond acceptors (Lipinski definition) is 5. The number of nitrogens with zero attached hydrogens (tertiary/aromatic N) is 4. The second-order valence-electron chi connectivity index (χ2n) is 8.21. The van der Waals surface area contributed by atoms with Crippen LogP contribution in [0, 0.1) is 0 Å². The standard InChI is InChI=1S/C20H40N6O2/c1-6-21-20(22-13-16(2)26-11-12-28-15-17(26)3)23-18-7-9-25(10-8-18)14-19(27)24(4)5/h16-18H,6-15H2,1-5H3,(H2,21,22,23). The van der Waals surface area contributed by atoms with Crippen molar-refractivity contribution in [1.82, 2.24) is 25.3 Å². The number of rotatable bonds is 7. The van der Waals surface area contributed by atoms with E-state index in [9.17, 15) is 4.79 Å². The van der Waals surface area contributed by atoms with Crippen molar-refractivity contribution >= 4 is 11.9 Å². The van der Waals surface area contributed by atoms with E-state index in [1.807, 2.05) is 14.1 Å². The Kier molecular flexibility index (Phi) is 9.47. The van der Waals surface area contributed by atoms with Crippen molar-refractivity contribution in [3.63, 3.8) is 0 Å². The number of likely N-dealkylation sites (N-methyl/N-ethyl adjacent to an activating group) is 1. The van der Waals surface area contributed by atoms with Gasteiger partial charge in [-0.1, -0.05) is 0 Å². The maximum atomic E-state index is 11.9. The van der Waals surface area contributed by atoms with Crippen LogP contribution in [0.2, 0.25) is 0 Å². The van der Waals surface area contributed by atoms with Crippen molar-refractivity contribution in [2.75, 3.05) is 66.6 Å². The van der Waals surface area contributed by atoms with E-state index < -0.39 is 0 Å². The zero-order valence-corrected chi connectivity index (χ0v) is 18.4. The normalized spacial score (nSPS) is 24.0. The average Bonchev–Trinajstić information content (AvgIpc) is 2.67. The SMILES string of the molecule is CCNC(=NCC(C)N1CCOCC1C)NC1CCN(CC(=O)N(C)C)CC1. The molecule has 2 aliphatic heterocycles. The third-order valence-corrected chi connectivity index (χ3v) is 5.63. The number of hydrogen-bond donors (Lipinski definition) is 2. The summed E-state index contributed by atoms with van der Waals surface area (Å²) in [5.41, 5.74) is 0. The van der Waals surface area contributed by atoms with Gasteiger partial charge in [0.2, 0.25) is 5.91 Å². The van der Waals surface area contributed by atoms with Gasteiger partial charge < -0.3 is 20.3 Å². The van der Waals surface area contributed by atoms with Crippen molar-refractivity contribution in [3.05, 3.63) is 0 Å². The first-order valence-corrected chi connectivity index (χ1v) is 10.7. The number of carbonyl (C=O) groups is 1. The first kappa shape index (κ1) is 22.9. The molecule has 0 saturated carbocycles. The predicted octanol–water partition coefficient (Wildman–Crippen LogP) is 0.203. The average molecular weight is 397 g/mol. The highest BCUT2D eigenvalue weighted by Gasteiger charge is 2.24. The lowest BCUT2D eigenvalue weighted by Crippen LogP contribution is -2.51. The highest BCUT2D eigenvalue weighted by atomic mass is 16.5. The highest BCUT2D eigenvalue weighted by Crippen LogP contribution is 2.12. The molecule has 162 valence electrons. The van der Waals surface area contributed by atoms with Crippen LogP contribution >= 0.6 is 0 Å². The summed E-state index contributed by atoms with van der Waals surface area (Å²) in [4.78, 5) is 23.1. The van der Waals surface area contributed by atoms with E-state index in [1.54, 1.807) is 4.90 Å². The van der Waals surface area contributed by atoms with E-state index in [4.69, 9.17) is 9.73 Å². The van der Waals surface area contributed by atoms with E-state index in [1.165, 1.54) is 0 Å². The second kappa shape index (κ2) is 11.6. The van der Waals surface area contributed by atoms with Crippen LogP contribution in [0.1, 0.15) is 33.6 Å². The third-order valence-electron chi connectivity index (χ3n) is 5.63. The maximum absolute atomic E-state index is 11.9. The number of carbonyl (C=O) groups excluding carboxylic acids is 1. The van der Waals surface area contributed by atoms with Crippen molar-refractivity contribution in [2.45, 2.75) is 51.7 Å². The molecule has 2 saturated heterocycles. The lowest BCUT2D eigenvalue weighted by Gasteiger charge is -2.37. The Labute approximate surface area is 170 Å². The fourth-order valence-electron chi connectivity index (χ4n) is 3.80. The molecule has 0 bridgehead atoms. The largest absolute Gasteiger partial charge is 0.379 e. The zero-order valence-electron chi connectivity index (χ0n) is 18.4. The minimum atomic E-state index is 0.174. The summed E-state index contributed by atoms with van der Waals surface area (Å²) in [6, 6.07) is 1.25. The Morgan fingerprint density at radius 1 is 1.29 bits per heavy atom. The molecule has 2 atom stereocenters. The van der Waals surface area contributed by atoms with E-state index in [2.05, 4.69) is 41.2 Å². The fraction of sp³-hybridized carbons (Fsp3) is 0.900. The molecule has 28 heavy (non-hydrogen) atoms. The molecule has 0 aromatic carbocycles. The summed E-state index contributed by atoms with van der Waals surface area (Å²) < 4.78 is 5.54. The van der Waals surface area contributed by atoms with E-state index in [0.29, 0.717) is 24.7 Å². The molecule has 0 aromatic rings. The Hall–Kier alpha value is -1.38. The van der Waals surface area contributed by atoms with Gasteiger partial charge in [-0.05, 0) is 33.6 Å². The number of likely N-dealkylation sites (tertiary alicyclic amines) is 1. The van der Waals surface area contributed by atoms with Gasteiger partial charge >= 0.3 is 0 Å². The van der Waals surface area contributed by atoms with E-state index in [-0.39, 0.29) is 5.91 Å². The van der Waals surface area contributed by atoms with Gasteiger partial charge in [0, 0.05) is 58.4 Å². The lowest BCUT2D eigenvalue weighted by molar-refractivity contribution is -0.130. The quantitative estimate of drug-likeness (QED) is 0.473. The smallest absolute Gasteiger partial charge is 0.236 e. The molecule has 2 N–H and O–H groups in total. The molecular weight excluding hydrogens is 356 g/mol. The summed E-state index contributed by atoms with van der Waals surface area (Å²) in [7, 11) is 3.63. The van der Waals surface area contributed by atoms with Gasteiger partial charge in [-0.25, -0.2) is 0 Å². The van der Waals surface area contributed by atoms with Crippen LogP contribution < -0.4 is 10.6 Å². The van der Waals surface area contributed by atoms with Crippen LogP contribution in [0.15, 0.2) is 4.99 Å². The number of ether oxygens (including phenoxy) is 1. The number of piperidine rings is 1. The second-order valence-corrected chi connectivity index (χ2v) is 8.21. The first-order valence-electron chi connectivity index (χ1n) is 10.7. The van der Waals surface area contributed by atoms with Crippen LogP contribution in [0.3, 0.4) is 0 Å². The van der Waals surface area contributed by atoms with Crippen molar-refractivity contribution in [2.24, 2.45) is 4.99 Å². The molecular formula is C20H40N6O2. The molecule has 2 aliphatic rings. The summed E-state index contributed by atoms with van der Waals surface area (Å²) in [6.07, 6.45) is 2.06. The van der Waals surface area contributed by atoms with Gasteiger partial charge in [-0.2, -0.15) is 0 Å². The monoisotopic (exact) mass is 396 g/mol. The minimum Gasteiger partial charge on any atom is -0.379 e. The number of nitrogens with one attached hydrogen (secondary N) is 2. The summed E-state index contributed by atoms with van der Waals surface area (Å²) >= 11 is 0. The van der Waals surface area contributed by atoms with Crippen molar-refractivity contribution in [1.29, 1.82) is 0 Å². The Bertz CT molecular complexity index is 505. The zero-order chi connectivity index (χ0) is 20.5. The molecule has 0 radical (unpaired) electrons. The van der Waals surface area contributed by atoms with Crippen LogP contribution in [-0.4, -0.2) is 111 Å². The first-order chi connectivity index (χ1) is 13.4. The Morgan fingerprint density at radius 2 is 2.00 bits per heavy atom. The number of aliphatic imine (C=N–C) groups is 1. The number of amides is 1. The van der Waals surface area contributed by atoms with Gasteiger partial charge in [0.05, 0.1) is 26.3 Å². The van der Waals surface area contributed by atoms with Crippen molar-refractivity contribution in [3.8, 4) is 0 Å². The van der Waals surface area contributed by atoms with Crippen LogP contribution in [0.25, 0.3) is 0 Å². The van der Waals surface area contributed by atoms with Crippen molar-refractivity contribution < 1.29 is 9.53 Å². The Morgan fingerprint density at radius 3 is 2.61 bits per heavy atom. The van der Waals surface area contributed by atoms with Gasteiger partial charge in [0.1, 0.15) is 0 Å². The summed E-state index contributed by atoms with van der Waals surface area (Å²) in [6.45, 7) is 13.2. The van der Waals surface area contributed by atoms with E-state index >= 15 is 0 Å². The highest BCUT2D eigenvalue weighted by molar-refractivity contribution is 5.80. The molecule has 2 unspecified atom stereocenters. The molecule has 0 aromatic heterocycles. The fourth-order valence-corrected chi connectivity index (χ4v) is 3.80. The maximum Gasteiger partial charge on any atom is 0.236 e. The molecule has 8 heteroatoms. The summed E-state index contributed by atoms with van der Waals surface area (Å²) in [5, 5.41) is 6.98. The molecule has 0 spiro atoms. The molecule has 0 aliphatic carbocycles. The molecule has 8 nitrogen and oxygen atoms in total. The topological polar surface area (TPSA) is 72.4 Å². The molecule has 2 fully saturated rings. The van der Waals surface area contributed by atoms with Gasteiger partial charge in [-0.15, -0.1) is 0 Å².